The Labute approximate surface area is 137 Å². The standard InChI is InChI=1S/C18H26N2O3/c1-13(2)16(17(21)19-15-10-6-7-11-15)20-18(22)23-12-14-8-4-3-5-9-14/h3-5,8-9,13,15-16H,6-7,10-12H2,1-2H3,(H,19,21)(H,20,22). The van der Waals surface area contributed by atoms with E-state index in [4.69, 9.17) is 4.74 Å². The van der Waals surface area contributed by atoms with Crippen LogP contribution in [0, 0.1) is 5.92 Å². The van der Waals surface area contributed by atoms with Gasteiger partial charge in [-0.25, -0.2) is 4.79 Å². The molecule has 126 valence electrons. The monoisotopic (exact) mass is 318 g/mol. The molecule has 1 atom stereocenters. The number of amides is 2. The molecule has 23 heavy (non-hydrogen) atoms. The third-order valence-electron chi connectivity index (χ3n) is 4.14. The van der Waals surface area contributed by atoms with E-state index in [0.717, 1.165) is 31.2 Å². The lowest BCUT2D eigenvalue weighted by Crippen LogP contribution is -2.51. The van der Waals surface area contributed by atoms with Crippen molar-refractivity contribution < 1.29 is 14.3 Å². The van der Waals surface area contributed by atoms with Crippen molar-refractivity contribution in [3.8, 4) is 0 Å². The molecular formula is C18H26N2O3. The van der Waals surface area contributed by atoms with Crippen LogP contribution in [0.15, 0.2) is 30.3 Å². The zero-order chi connectivity index (χ0) is 16.7. The van der Waals surface area contributed by atoms with Gasteiger partial charge in [0.1, 0.15) is 12.6 Å². The summed E-state index contributed by atoms with van der Waals surface area (Å²) in [7, 11) is 0. The Kier molecular flexibility index (Phi) is 6.44. The van der Waals surface area contributed by atoms with Crippen molar-refractivity contribution in [1.82, 2.24) is 10.6 Å². The molecule has 1 saturated carbocycles. The first kappa shape index (κ1) is 17.3. The summed E-state index contributed by atoms with van der Waals surface area (Å²) < 4.78 is 5.20. The normalized spacial score (nSPS) is 16.1. The molecule has 0 saturated heterocycles. The van der Waals surface area contributed by atoms with Crippen molar-refractivity contribution in [1.29, 1.82) is 0 Å². The summed E-state index contributed by atoms with van der Waals surface area (Å²) in [5, 5.41) is 5.72. The fraction of sp³-hybridized carbons (Fsp3) is 0.556. The Bertz CT molecular complexity index is 510. The van der Waals surface area contributed by atoms with Crippen LogP contribution in [-0.2, 0) is 16.1 Å². The molecule has 2 rings (SSSR count). The molecule has 0 heterocycles. The lowest BCUT2D eigenvalue weighted by atomic mass is 10.0. The minimum Gasteiger partial charge on any atom is -0.445 e. The zero-order valence-corrected chi connectivity index (χ0v) is 13.9. The second kappa shape index (κ2) is 8.56. The van der Waals surface area contributed by atoms with Gasteiger partial charge in [-0.15, -0.1) is 0 Å². The summed E-state index contributed by atoms with van der Waals surface area (Å²) in [5.74, 6) is -0.121. The maximum Gasteiger partial charge on any atom is 0.408 e. The van der Waals surface area contributed by atoms with Crippen molar-refractivity contribution in [2.45, 2.75) is 58.2 Å². The minimum atomic E-state index is -0.570. The molecule has 2 amide bonds. The van der Waals surface area contributed by atoms with Gasteiger partial charge in [0.25, 0.3) is 0 Å². The summed E-state index contributed by atoms with van der Waals surface area (Å²) in [6.07, 6.45) is 3.80. The van der Waals surface area contributed by atoms with Gasteiger partial charge in [-0.2, -0.15) is 0 Å². The Morgan fingerprint density at radius 2 is 1.83 bits per heavy atom. The average Bonchev–Trinajstić information content (AvgIpc) is 3.04. The highest BCUT2D eigenvalue weighted by atomic mass is 16.5. The highest BCUT2D eigenvalue weighted by Crippen LogP contribution is 2.18. The highest BCUT2D eigenvalue weighted by Gasteiger charge is 2.27. The van der Waals surface area contributed by atoms with E-state index >= 15 is 0 Å². The van der Waals surface area contributed by atoms with Crippen molar-refractivity contribution in [3.63, 3.8) is 0 Å². The Balaban J connectivity index is 1.82. The number of hydrogen-bond acceptors (Lipinski definition) is 3. The summed E-state index contributed by atoms with van der Waals surface area (Å²) in [5.41, 5.74) is 0.916. The zero-order valence-electron chi connectivity index (χ0n) is 13.9. The maximum absolute atomic E-state index is 12.4. The molecule has 0 spiro atoms. The maximum atomic E-state index is 12.4. The van der Waals surface area contributed by atoms with Gasteiger partial charge < -0.3 is 15.4 Å². The number of benzene rings is 1. The number of hydrogen-bond donors (Lipinski definition) is 2. The second-order valence-corrected chi connectivity index (χ2v) is 6.42. The summed E-state index contributed by atoms with van der Waals surface area (Å²) in [6, 6.07) is 9.14. The van der Waals surface area contributed by atoms with Gasteiger partial charge in [-0.1, -0.05) is 57.0 Å². The van der Waals surface area contributed by atoms with Crippen LogP contribution in [0.5, 0.6) is 0 Å². The molecule has 5 heteroatoms. The molecule has 1 aliphatic rings. The van der Waals surface area contributed by atoms with Gasteiger partial charge in [0.2, 0.25) is 5.91 Å². The largest absolute Gasteiger partial charge is 0.445 e. The van der Waals surface area contributed by atoms with E-state index in [2.05, 4.69) is 10.6 Å². The van der Waals surface area contributed by atoms with Crippen molar-refractivity contribution in [2.75, 3.05) is 0 Å². The molecule has 1 aromatic rings. The third kappa shape index (κ3) is 5.58. The summed E-state index contributed by atoms with van der Waals surface area (Å²) in [4.78, 5) is 24.3. The van der Waals surface area contributed by atoms with E-state index in [1.807, 2.05) is 44.2 Å². The van der Waals surface area contributed by atoms with Gasteiger partial charge in [-0.3, -0.25) is 4.79 Å². The number of alkyl carbamates (subject to hydrolysis) is 1. The molecule has 1 aromatic carbocycles. The van der Waals surface area contributed by atoms with Gasteiger partial charge in [0.05, 0.1) is 0 Å². The van der Waals surface area contributed by atoms with Gasteiger partial charge in [0, 0.05) is 6.04 Å². The molecule has 2 N–H and O–H groups in total. The number of rotatable bonds is 6. The van der Waals surface area contributed by atoms with Gasteiger partial charge in [0.15, 0.2) is 0 Å². The SMILES string of the molecule is CC(C)C(NC(=O)OCc1ccccc1)C(=O)NC1CCCC1. The van der Waals surface area contributed by atoms with Crippen LogP contribution >= 0.6 is 0 Å². The molecule has 1 unspecified atom stereocenters. The smallest absolute Gasteiger partial charge is 0.408 e. The van der Waals surface area contributed by atoms with E-state index in [1.165, 1.54) is 0 Å². The van der Waals surface area contributed by atoms with Crippen LogP contribution in [0.4, 0.5) is 4.79 Å². The first-order valence-corrected chi connectivity index (χ1v) is 8.34. The first-order valence-electron chi connectivity index (χ1n) is 8.34. The predicted octanol–water partition coefficient (Wildman–Crippen LogP) is 3.00. The third-order valence-corrected chi connectivity index (χ3v) is 4.14. The fourth-order valence-electron chi connectivity index (χ4n) is 2.79. The van der Waals surface area contributed by atoms with E-state index in [9.17, 15) is 9.59 Å². The Hall–Kier alpha value is -2.04. The van der Waals surface area contributed by atoms with Crippen LogP contribution in [0.2, 0.25) is 0 Å². The molecule has 0 bridgehead atoms. The summed E-state index contributed by atoms with van der Waals surface area (Å²) >= 11 is 0. The fourth-order valence-corrected chi connectivity index (χ4v) is 2.79. The van der Waals surface area contributed by atoms with Crippen LogP contribution in [0.25, 0.3) is 0 Å². The molecular weight excluding hydrogens is 292 g/mol. The number of carbonyl (C=O) groups is 2. The summed E-state index contributed by atoms with van der Waals surface area (Å²) in [6.45, 7) is 4.02. The van der Waals surface area contributed by atoms with Crippen LogP contribution in [-0.4, -0.2) is 24.1 Å². The van der Waals surface area contributed by atoms with Crippen molar-refractivity contribution in [2.24, 2.45) is 5.92 Å². The van der Waals surface area contributed by atoms with Crippen molar-refractivity contribution in [3.05, 3.63) is 35.9 Å². The lowest BCUT2D eigenvalue weighted by molar-refractivity contribution is -0.124. The Morgan fingerprint density at radius 3 is 2.43 bits per heavy atom. The molecule has 0 aromatic heterocycles. The molecule has 1 fully saturated rings. The molecule has 0 aliphatic heterocycles. The highest BCUT2D eigenvalue weighted by molar-refractivity contribution is 5.86. The average molecular weight is 318 g/mol. The first-order chi connectivity index (χ1) is 11.1. The molecule has 0 radical (unpaired) electrons. The number of carbonyl (C=O) groups excluding carboxylic acids is 2. The second-order valence-electron chi connectivity index (χ2n) is 6.42. The van der Waals surface area contributed by atoms with Crippen LogP contribution in [0.1, 0.15) is 45.1 Å². The quantitative estimate of drug-likeness (QED) is 0.847. The van der Waals surface area contributed by atoms with E-state index < -0.39 is 12.1 Å². The lowest BCUT2D eigenvalue weighted by Gasteiger charge is -2.23. The minimum absolute atomic E-state index is 0.000628. The Morgan fingerprint density at radius 1 is 1.17 bits per heavy atom. The van der Waals surface area contributed by atoms with E-state index in [-0.39, 0.29) is 24.5 Å². The molecule has 1 aliphatic carbocycles. The van der Waals surface area contributed by atoms with E-state index in [1.54, 1.807) is 0 Å². The van der Waals surface area contributed by atoms with Crippen LogP contribution in [0.3, 0.4) is 0 Å². The van der Waals surface area contributed by atoms with Gasteiger partial charge in [-0.05, 0) is 24.3 Å². The van der Waals surface area contributed by atoms with Crippen LogP contribution < -0.4 is 10.6 Å². The predicted molar refractivity (Wildman–Crippen MR) is 88.8 cm³/mol. The number of nitrogens with one attached hydrogen (secondary N) is 2. The number of ether oxygens (including phenoxy) is 1. The van der Waals surface area contributed by atoms with Crippen molar-refractivity contribution >= 4 is 12.0 Å². The molecule has 5 nitrogen and oxygen atoms in total. The topological polar surface area (TPSA) is 67.4 Å². The van der Waals surface area contributed by atoms with E-state index in [0.29, 0.717) is 0 Å². The van der Waals surface area contributed by atoms with Gasteiger partial charge >= 0.3 is 6.09 Å².